The first kappa shape index (κ1) is 12.2. The lowest BCUT2D eigenvalue weighted by atomic mass is 10.1. The van der Waals surface area contributed by atoms with Crippen molar-refractivity contribution in [3.63, 3.8) is 0 Å². The summed E-state index contributed by atoms with van der Waals surface area (Å²) in [5, 5.41) is 14.6. The highest BCUT2D eigenvalue weighted by molar-refractivity contribution is 7.09. The molecule has 0 aliphatic rings. The van der Waals surface area contributed by atoms with Crippen LogP contribution in [0.4, 0.5) is 0 Å². The molecule has 0 saturated carbocycles. The monoisotopic (exact) mass is 251 g/mol. The van der Waals surface area contributed by atoms with Gasteiger partial charge in [0, 0.05) is 43.2 Å². The second-order valence-electron chi connectivity index (χ2n) is 4.16. The molecule has 0 bridgehead atoms. The number of aryl methyl sites for hydroxylation is 2. The molecule has 6 heteroatoms. The molecule has 0 spiro atoms. The van der Waals surface area contributed by atoms with Gasteiger partial charge in [0.2, 0.25) is 0 Å². The van der Waals surface area contributed by atoms with E-state index >= 15 is 0 Å². The van der Waals surface area contributed by atoms with E-state index < -0.39 is 0 Å². The van der Waals surface area contributed by atoms with Crippen molar-refractivity contribution in [2.75, 3.05) is 7.05 Å². The number of hydrogen-bond donors (Lipinski definition) is 1. The van der Waals surface area contributed by atoms with E-state index in [0.29, 0.717) is 6.04 Å². The van der Waals surface area contributed by atoms with Gasteiger partial charge >= 0.3 is 0 Å². The van der Waals surface area contributed by atoms with E-state index in [1.165, 1.54) is 5.01 Å². The highest BCUT2D eigenvalue weighted by Crippen LogP contribution is 2.12. The Morgan fingerprint density at radius 3 is 2.82 bits per heavy atom. The Morgan fingerprint density at radius 2 is 2.29 bits per heavy atom. The number of hydrogen-bond acceptors (Lipinski definition) is 5. The smallest absolute Gasteiger partial charge is 0.0943 e. The molecule has 1 unspecified atom stereocenters. The van der Waals surface area contributed by atoms with Crippen LogP contribution in [-0.4, -0.2) is 33.1 Å². The van der Waals surface area contributed by atoms with Crippen LogP contribution >= 0.6 is 11.3 Å². The lowest BCUT2D eigenvalue weighted by Gasteiger charge is -2.12. The lowest BCUT2D eigenvalue weighted by molar-refractivity contribution is 0.548. The zero-order valence-electron chi connectivity index (χ0n) is 10.3. The maximum Gasteiger partial charge on any atom is 0.0943 e. The third-order valence-electron chi connectivity index (χ3n) is 2.60. The first-order valence-electron chi connectivity index (χ1n) is 5.61. The SMILES string of the molecule is CNC(Cc1cn(C)nn1)Cc1nc(C)cs1. The molecule has 2 heterocycles. The van der Waals surface area contributed by atoms with Crippen molar-refractivity contribution in [1.29, 1.82) is 0 Å². The summed E-state index contributed by atoms with van der Waals surface area (Å²) < 4.78 is 1.73. The van der Waals surface area contributed by atoms with Gasteiger partial charge in [-0.05, 0) is 14.0 Å². The van der Waals surface area contributed by atoms with Gasteiger partial charge in [0.25, 0.3) is 0 Å². The molecular formula is C11H17N5S. The van der Waals surface area contributed by atoms with E-state index in [0.717, 1.165) is 24.2 Å². The average Bonchev–Trinajstić information content (AvgIpc) is 2.87. The predicted molar refractivity (Wildman–Crippen MR) is 68.1 cm³/mol. The maximum atomic E-state index is 4.48. The summed E-state index contributed by atoms with van der Waals surface area (Å²) in [5.74, 6) is 0. The van der Waals surface area contributed by atoms with Crippen LogP contribution < -0.4 is 5.32 Å². The van der Waals surface area contributed by atoms with Crippen molar-refractivity contribution < 1.29 is 0 Å². The molecule has 92 valence electrons. The van der Waals surface area contributed by atoms with Gasteiger partial charge < -0.3 is 5.32 Å². The quantitative estimate of drug-likeness (QED) is 0.860. The third kappa shape index (κ3) is 3.34. The average molecular weight is 251 g/mol. The van der Waals surface area contributed by atoms with Gasteiger partial charge in [-0.3, -0.25) is 4.68 Å². The minimum atomic E-state index is 0.359. The molecule has 0 aliphatic heterocycles. The molecule has 2 aromatic rings. The zero-order valence-corrected chi connectivity index (χ0v) is 11.2. The van der Waals surface area contributed by atoms with Gasteiger partial charge in [-0.15, -0.1) is 16.4 Å². The minimum Gasteiger partial charge on any atom is -0.316 e. The molecule has 0 radical (unpaired) electrons. The van der Waals surface area contributed by atoms with Crippen molar-refractivity contribution >= 4 is 11.3 Å². The first-order chi connectivity index (χ1) is 8.17. The van der Waals surface area contributed by atoms with Gasteiger partial charge in [0.05, 0.1) is 10.7 Å². The normalized spacial score (nSPS) is 12.9. The van der Waals surface area contributed by atoms with Crippen LogP contribution in [0.1, 0.15) is 16.4 Å². The molecule has 5 nitrogen and oxygen atoms in total. The lowest BCUT2D eigenvalue weighted by Crippen LogP contribution is -2.30. The highest BCUT2D eigenvalue weighted by Gasteiger charge is 2.12. The van der Waals surface area contributed by atoms with Gasteiger partial charge in [0.15, 0.2) is 0 Å². The molecular weight excluding hydrogens is 234 g/mol. The molecule has 0 saturated heterocycles. The van der Waals surface area contributed by atoms with E-state index in [2.05, 4.69) is 26.0 Å². The second kappa shape index (κ2) is 5.37. The van der Waals surface area contributed by atoms with Gasteiger partial charge in [-0.25, -0.2) is 4.98 Å². The summed E-state index contributed by atoms with van der Waals surface area (Å²) in [6.07, 6.45) is 3.77. The summed E-state index contributed by atoms with van der Waals surface area (Å²) in [7, 11) is 3.86. The fourth-order valence-corrected chi connectivity index (χ4v) is 2.58. The third-order valence-corrected chi connectivity index (χ3v) is 3.59. The fraction of sp³-hybridized carbons (Fsp3) is 0.545. The van der Waals surface area contributed by atoms with E-state index in [-0.39, 0.29) is 0 Å². The van der Waals surface area contributed by atoms with Crippen LogP contribution in [0.2, 0.25) is 0 Å². The second-order valence-corrected chi connectivity index (χ2v) is 5.10. The van der Waals surface area contributed by atoms with Crippen LogP contribution in [-0.2, 0) is 19.9 Å². The summed E-state index contributed by atoms with van der Waals surface area (Å²) in [4.78, 5) is 4.48. The molecule has 1 N–H and O–H groups in total. The van der Waals surface area contributed by atoms with E-state index in [9.17, 15) is 0 Å². The fourth-order valence-electron chi connectivity index (χ4n) is 1.72. The largest absolute Gasteiger partial charge is 0.316 e. The Kier molecular flexibility index (Phi) is 3.86. The summed E-state index contributed by atoms with van der Waals surface area (Å²) >= 11 is 1.72. The molecule has 17 heavy (non-hydrogen) atoms. The van der Waals surface area contributed by atoms with E-state index in [1.54, 1.807) is 16.0 Å². The van der Waals surface area contributed by atoms with Crippen LogP contribution in [0.5, 0.6) is 0 Å². The Morgan fingerprint density at radius 1 is 1.47 bits per heavy atom. The van der Waals surface area contributed by atoms with Crippen molar-refractivity contribution in [2.24, 2.45) is 7.05 Å². The Balaban J connectivity index is 1.97. The molecule has 0 amide bonds. The maximum absolute atomic E-state index is 4.48. The van der Waals surface area contributed by atoms with Crippen LogP contribution in [0.25, 0.3) is 0 Å². The van der Waals surface area contributed by atoms with Crippen LogP contribution in [0, 0.1) is 6.92 Å². The molecule has 0 fully saturated rings. The van der Waals surface area contributed by atoms with Crippen molar-refractivity contribution in [3.8, 4) is 0 Å². The summed E-state index contributed by atoms with van der Waals surface area (Å²) in [6, 6.07) is 0.359. The molecule has 1 atom stereocenters. The van der Waals surface area contributed by atoms with Crippen molar-refractivity contribution in [1.82, 2.24) is 25.3 Å². The minimum absolute atomic E-state index is 0.359. The first-order valence-corrected chi connectivity index (χ1v) is 6.49. The van der Waals surface area contributed by atoms with Crippen molar-refractivity contribution in [3.05, 3.63) is 28.0 Å². The standard InChI is InChI=1S/C11H17N5S/c1-8-7-17-11(13-8)5-9(12-2)4-10-6-16(3)15-14-10/h6-7,9,12H,4-5H2,1-3H3. The summed E-state index contributed by atoms with van der Waals surface area (Å²) in [6.45, 7) is 2.02. The van der Waals surface area contributed by atoms with Crippen LogP contribution in [0.15, 0.2) is 11.6 Å². The van der Waals surface area contributed by atoms with E-state index in [4.69, 9.17) is 0 Å². The van der Waals surface area contributed by atoms with Gasteiger partial charge in [0.1, 0.15) is 0 Å². The number of thiazole rings is 1. The molecule has 0 aromatic carbocycles. The molecule has 0 aliphatic carbocycles. The van der Waals surface area contributed by atoms with Gasteiger partial charge in [-0.2, -0.15) is 0 Å². The topological polar surface area (TPSA) is 55.6 Å². The zero-order chi connectivity index (χ0) is 12.3. The number of rotatable bonds is 5. The van der Waals surface area contributed by atoms with Gasteiger partial charge in [-0.1, -0.05) is 5.21 Å². The predicted octanol–water partition coefficient (Wildman–Crippen LogP) is 0.953. The Labute approximate surface area is 105 Å². The Bertz CT molecular complexity index is 433. The molecule has 2 rings (SSSR count). The number of nitrogens with zero attached hydrogens (tertiary/aromatic N) is 4. The number of likely N-dealkylation sites (N-methyl/N-ethyl adjacent to an activating group) is 1. The number of aromatic nitrogens is 4. The van der Waals surface area contributed by atoms with Crippen LogP contribution in [0.3, 0.4) is 0 Å². The Hall–Kier alpha value is -1.27. The van der Waals surface area contributed by atoms with E-state index in [1.807, 2.05) is 27.2 Å². The summed E-state index contributed by atoms with van der Waals surface area (Å²) in [5.41, 5.74) is 2.11. The number of nitrogens with one attached hydrogen (secondary N) is 1. The molecule has 2 aromatic heterocycles. The highest BCUT2D eigenvalue weighted by atomic mass is 32.1. The van der Waals surface area contributed by atoms with Crippen molar-refractivity contribution in [2.45, 2.75) is 25.8 Å².